The summed E-state index contributed by atoms with van der Waals surface area (Å²) in [5.74, 6) is 0.849. The van der Waals surface area contributed by atoms with Crippen molar-refractivity contribution in [1.82, 2.24) is 15.2 Å². The second-order valence-electron chi connectivity index (χ2n) is 4.98. The van der Waals surface area contributed by atoms with Gasteiger partial charge in [-0.05, 0) is 25.0 Å². The summed E-state index contributed by atoms with van der Waals surface area (Å²) >= 11 is 0. The molecule has 0 spiro atoms. The summed E-state index contributed by atoms with van der Waals surface area (Å²) in [4.78, 5) is 6.39. The van der Waals surface area contributed by atoms with Crippen molar-refractivity contribution in [2.24, 2.45) is 5.73 Å². The highest BCUT2D eigenvalue weighted by Gasteiger charge is 2.21. The lowest BCUT2D eigenvalue weighted by Gasteiger charge is -2.28. The van der Waals surface area contributed by atoms with E-state index in [1.807, 2.05) is 4.90 Å². The van der Waals surface area contributed by atoms with Crippen molar-refractivity contribution in [2.75, 3.05) is 18.0 Å². The number of piperidine rings is 1. The van der Waals surface area contributed by atoms with Gasteiger partial charge >= 0.3 is 0 Å². The van der Waals surface area contributed by atoms with Gasteiger partial charge in [-0.25, -0.2) is 0 Å². The fourth-order valence-electron chi connectivity index (χ4n) is 2.38. The van der Waals surface area contributed by atoms with Crippen LogP contribution in [0, 0.1) is 0 Å². The van der Waals surface area contributed by atoms with E-state index in [1.54, 1.807) is 6.07 Å². The summed E-state index contributed by atoms with van der Waals surface area (Å²) in [5.41, 5.74) is 6.13. The molecule has 0 radical (unpaired) electrons. The topological polar surface area (TPSA) is 111 Å². The van der Waals surface area contributed by atoms with E-state index in [-0.39, 0.29) is 23.1 Å². The van der Waals surface area contributed by atoms with E-state index in [4.69, 9.17) is 5.73 Å². The van der Waals surface area contributed by atoms with Crippen LogP contribution in [0.25, 0.3) is 11.4 Å². The Bertz CT molecular complexity index is 584. The zero-order valence-corrected chi connectivity index (χ0v) is 11.0. The van der Waals surface area contributed by atoms with Gasteiger partial charge < -0.3 is 20.8 Å². The van der Waals surface area contributed by atoms with Crippen LogP contribution < -0.4 is 10.6 Å². The largest absolute Gasteiger partial charge is 0.507 e. The van der Waals surface area contributed by atoms with Crippen LogP contribution in [0.5, 0.6) is 11.5 Å². The SMILES string of the molecule is NC1CCN(c2n[nH]c(-c3c(O)cccc3O)n2)CC1. The summed E-state index contributed by atoms with van der Waals surface area (Å²) in [6.07, 6.45) is 1.82. The Kier molecular flexibility index (Phi) is 3.19. The molecule has 1 aromatic heterocycles. The average molecular weight is 275 g/mol. The van der Waals surface area contributed by atoms with Crippen molar-refractivity contribution in [3.63, 3.8) is 0 Å². The van der Waals surface area contributed by atoms with Crippen molar-refractivity contribution < 1.29 is 10.2 Å². The molecule has 20 heavy (non-hydrogen) atoms. The first-order chi connectivity index (χ1) is 9.65. The van der Waals surface area contributed by atoms with E-state index in [2.05, 4.69) is 15.2 Å². The molecule has 1 aliphatic rings. The quantitative estimate of drug-likeness (QED) is 0.645. The number of aromatic hydroxyl groups is 2. The lowest BCUT2D eigenvalue weighted by Crippen LogP contribution is -2.40. The van der Waals surface area contributed by atoms with Crippen molar-refractivity contribution in [2.45, 2.75) is 18.9 Å². The third-order valence-corrected chi connectivity index (χ3v) is 3.55. The molecule has 7 heteroatoms. The Labute approximate surface area is 116 Å². The zero-order valence-electron chi connectivity index (χ0n) is 11.0. The van der Waals surface area contributed by atoms with Gasteiger partial charge in [0.05, 0.1) is 0 Å². The number of benzene rings is 1. The molecule has 0 bridgehead atoms. The Morgan fingerprint density at radius 1 is 1.20 bits per heavy atom. The zero-order chi connectivity index (χ0) is 14.1. The van der Waals surface area contributed by atoms with Crippen LogP contribution in [0.4, 0.5) is 5.95 Å². The predicted molar refractivity (Wildman–Crippen MR) is 74.6 cm³/mol. The summed E-state index contributed by atoms with van der Waals surface area (Å²) in [6, 6.07) is 4.80. The molecule has 0 unspecified atom stereocenters. The number of H-pyrrole nitrogens is 1. The minimum Gasteiger partial charge on any atom is -0.507 e. The van der Waals surface area contributed by atoms with Crippen LogP contribution in [0.2, 0.25) is 0 Å². The molecule has 3 rings (SSSR count). The van der Waals surface area contributed by atoms with E-state index >= 15 is 0 Å². The number of nitrogens with zero attached hydrogens (tertiary/aromatic N) is 3. The Morgan fingerprint density at radius 2 is 1.85 bits per heavy atom. The van der Waals surface area contributed by atoms with Gasteiger partial charge in [0.25, 0.3) is 0 Å². The van der Waals surface area contributed by atoms with E-state index in [0.717, 1.165) is 25.9 Å². The van der Waals surface area contributed by atoms with E-state index < -0.39 is 0 Å². The van der Waals surface area contributed by atoms with E-state index in [1.165, 1.54) is 12.1 Å². The third-order valence-electron chi connectivity index (χ3n) is 3.55. The summed E-state index contributed by atoms with van der Waals surface area (Å²) in [6.45, 7) is 1.62. The van der Waals surface area contributed by atoms with E-state index in [0.29, 0.717) is 11.8 Å². The molecule has 0 saturated carbocycles. The number of phenolic OH excluding ortho intramolecular Hbond substituents is 2. The molecule has 1 aromatic carbocycles. The molecular weight excluding hydrogens is 258 g/mol. The fourth-order valence-corrected chi connectivity index (χ4v) is 2.38. The maximum absolute atomic E-state index is 9.82. The van der Waals surface area contributed by atoms with Gasteiger partial charge in [0, 0.05) is 19.1 Å². The normalized spacial score (nSPS) is 16.6. The van der Waals surface area contributed by atoms with Gasteiger partial charge in [-0.15, -0.1) is 5.10 Å². The van der Waals surface area contributed by atoms with Crippen LogP contribution in [-0.2, 0) is 0 Å². The number of aromatic nitrogens is 3. The average Bonchev–Trinajstić information content (AvgIpc) is 2.89. The fraction of sp³-hybridized carbons (Fsp3) is 0.385. The molecule has 106 valence electrons. The summed E-state index contributed by atoms with van der Waals surface area (Å²) < 4.78 is 0. The molecule has 1 saturated heterocycles. The van der Waals surface area contributed by atoms with Gasteiger partial charge in [-0.2, -0.15) is 4.98 Å². The molecule has 2 heterocycles. The highest BCUT2D eigenvalue weighted by molar-refractivity contribution is 5.71. The number of hydrogen-bond donors (Lipinski definition) is 4. The molecule has 0 aliphatic carbocycles. The number of hydrogen-bond acceptors (Lipinski definition) is 6. The Hall–Kier alpha value is -2.28. The number of nitrogens with two attached hydrogens (primary N) is 1. The van der Waals surface area contributed by atoms with Crippen LogP contribution in [0.3, 0.4) is 0 Å². The summed E-state index contributed by atoms with van der Waals surface area (Å²) in [5, 5.41) is 26.6. The minimum atomic E-state index is -0.0339. The van der Waals surface area contributed by atoms with Gasteiger partial charge in [-0.3, -0.25) is 5.10 Å². The molecule has 1 aliphatic heterocycles. The smallest absolute Gasteiger partial charge is 0.245 e. The Balaban J connectivity index is 1.87. The number of aromatic amines is 1. The first-order valence-electron chi connectivity index (χ1n) is 6.59. The van der Waals surface area contributed by atoms with E-state index in [9.17, 15) is 10.2 Å². The molecular formula is C13H17N5O2. The lowest BCUT2D eigenvalue weighted by atomic mass is 10.1. The second-order valence-corrected chi connectivity index (χ2v) is 4.98. The number of rotatable bonds is 2. The third kappa shape index (κ3) is 2.27. The first-order valence-corrected chi connectivity index (χ1v) is 6.59. The summed E-state index contributed by atoms with van der Waals surface area (Å²) in [7, 11) is 0. The number of nitrogens with one attached hydrogen (secondary N) is 1. The maximum atomic E-state index is 9.82. The lowest BCUT2D eigenvalue weighted by molar-refractivity contribution is 0.453. The highest BCUT2D eigenvalue weighted by Crippen LogP contribution is 2.35. The van der Waals surface area contributed by atoms with Crippen LogP contribution in [0.1, 0.15) is 12.8 Å². The van der Waals surface area contributed by atoms with Crippen LogP contribution in [0.15, 0.2) is 18.2 Å². The standard InChI is InChI=1S/C13H17N5O2/c14-8-4-6-18(7-5-8)13-15-12(16-17-13)11-9(19)2-1-3-10(11)20/h1-3,8,19-20H,4-7,14H2,(H,15,16,17). The maximum Gasteiger partial charge on any atom is 0.245 e. The van der Waals surface area contributed by atoms with Gasteiger partial charge in [0.1, 0.15) is 17.1 Å². The Morgan fingerprint density at radius 3 is 2.50 bits per heavy atom. The van der Waals surface area contributed by atoms with Gasteiger partial charge in [0.2, 0.25) is 5.95 Å². The predicted octanol–water partition coefficient (Wildman–Crippen LogP) is 0.810. The van der Waals surface area contributed by atoms with Crippen LogP contribution >= 0.6 is 0 Å². The van der Waals surface area contributed by atoms with Crippen LogP contribution in [-0.4, -0.2) is 44.5 Å². The molecule has 2 aromatic rings. The highest BCUT2D eigenvalue weighted by atomic mass is 16.3. The minimum absolute atomic E-state index is 0.0339. The van der Waals surface area contributed by atoms with Gasteiger partial charge in [0.15, 0.2) is 5.82 Å². The second kappa shape index (κ2) is 5.01. The van der Waals surface area contributed by atoms with Crippen molar-refractivity contribution in [1.29, 1.82) is 0 Å². The number of phenols is 2. The molecule has 1 fully saturated rings. The molecule has 0 amide bonds. The molecule has 5 N–H and O–H groups in total. The van der Waals surface area contributed by atoms with Crippen molar-refractivity contribution in [3.05, 3.63) is 18.2 Å². The number of anilines is 1. The monoisotopic (exact) mass is 275 g/mol. The molecule has 0 atom stereocenters. The van der Waals surface area contributed by atoms with Crippen molar-refractivity contribution in [3.8, 4) is 22.9 Å². The van der Waals surface area contributed by atoms with Gasteiger partial charge in [-0.1, -0.05) is 6.07 Å². The van der Waals surface area contributed by atoms with Crippen molar-refractivity contribution >= 4 is 5.95 Å². The molecule has 7 nitrogen and oxygen atoms in total. The first kappa shape index (κ1) is 12.7.